The van der Waals surface area contributed by atoms with Gasteiger partial charge in [-0.05, 0) is 88.2 Å². The molecule has 242 valence electrons. The van der Waals surface area contributed by atoms with Crippen molar-refractivity contribution in [1.29, 1.82) is 0 Å². The Kier molecular flexibility index (Phi) is 10.9. The fourth-order valence-electron chi connectivity index (χ4n) is 4.78. The number of nitrogens with zero attached hydrogens (tertiary/aromatic N) is 2. The Balaban J connectivity index is 1.44. The summed E-state index contributed by atoms with van der Waals surface area (Å²) in [5, 5.41) is 5.45. The Morgan fingerprint density at radius 3 is 2.32 bits per heavy atom. The molecular formula is C36H37N5O6. The van der Waals surface area contributed by atoms with Crippen LogP contribution >= 0.6 is 0 Å². The number of carbonyl (C=O) groups is 4. The fraction of sp³-hybridized carbons (Fsp3) is 0.278. The van der Waals surface area contributed by atoms with E-state index in [1.54, 1.807) is 94.4 Å². The first-order valence-corrected chi connectivity index (χ1v) is 15.0. The monoisotopic (exact) mass is 635 g/mol. The Morgan fingerprint density at radius 1 is 0.979 bits per heavy atom. The van der Waals surface area contributed by atoms with Crippen molar-refractivity contribution in [3.63, 3.8) is 0 Å². The van der Waals surface area contributed by atoms with E-state index < -0.39 is 35.3 Å². The van der Waals surface area contributed by atoms with Crippen molar-refractivity contribution in [1.82, 2.24) is 20.6 Å². The van der Waals surface area contributed by atoms with Gasteiger partial charge in [0.1, 0.15) is 17.5 Å². The zero-order valence-electron chi connectivity index (χ0n) is 26.8. The maximum Gasteiger partial charge on any atom is 0.329 e. The van der Waals surface area contributed by atoms with E-state index in [2.05, 4.69) is 26.5 Å². The number of aromatic amines is 1. The van der Waals surface area contributed by atoms with Crippen LogP contribution in [0.5, 0.6) is 0 Å². The minimum atomic E-state index is -1.15. The number of aromatic nitrogens is 2. The summed E-state index contributed by atoms with van der Waals surface area (Å²) in [7, 11) is 0. The van der Waals surface area contributed by atoms with E-state index in [0.29, 0.717) is 28.8 Å². The van der Waals surface area contributed by atoms with Crippen LogP contribution in [0.25, 0.3) is 10.9 Å². The number of amides is 3. The highest BCUT2D eigenvalue weighted by Gasteiger charge is 2.28. The number of hydrogen-bond donors (Lipinski definition) is 3. The third-order valence-electron chi connectivity index (χ3n) is 6.98. The molecule has 1 atom stereocenters. The molecule has 4 rings (SSSR count). The fourth-order valence-corrected chi connectivity index (χ4v) is 4.78. The number of rotatable bonds is 11. The predicted octanol–water partition coefficient (Wildman–Crippen LogP) is 4.05. The minimum absolute atomic E-state index is 0.0910. The van der Waals surface area contributed by atoms with Gasteiger partial charge in [-0.15, -0.1) is 6.42 Å². The molecule has 0 bridgehead atoms. The van der Waals surface area contributed by atoms with Crippen LogP contribution in [0, 0.1) is 19.3 Å². The summed E-state index contributed by atoms with van der Waals surface area (Å²) in [6.07, 6.45) is 5.35. The number of fused-ring (bicyclic) bond motifs is 1. The van der Waals surface area contributed by atoms with Gasteiger partial charge in [-0.3, -0.25) is 24.5 Å². The molecule has 47 heavy (non-hydrogen) atoms. The molecule has 0 fully saturated rings. The number of hydrogen-bond acceptors (Lipinski definition) is 8. The zero-order valence-corrected chi connectivity index (χ0v) is 26.8. The van der Waals surface area contributed by atoms with Crippen molar-refractivity contribution >= 4 is 40.3 Å². The molecule has 1 aromatic heterocycles. The number of nitrogens with one attached hydrogen (secondary N) is 3. The Morgan fingerprint density at radius 2 is 1.66 bits per heavy atom. The molecule has 3 N–H and O–H groups in total. The maximum absolute atomic E-state index is 13.3. The SMILES string of the molecule is C#CCN(Cc1ccc2nc(C)[nH]c(=O)c2c1)c1ccc(C(=O)N[C@@H](CCC(=O)NC(=O)c2ccccc2)C(=O)OC(C)(C)C)cc1. The van der Waals surface area contributed by atoms with Crippen LogP contribution in [0.15, 0.2) is 77.6 Å². The summed E-state index contributed by atoms with van der Waals surface area (Å²) >= 11 is 0. The molecule has 3 amide bonds. The second-order valence-electron chi connectivity index (χ2n) is 12.0. The van der Waals surface area contributed by atoms with Crippen LogP contribution in [0.4, 0.5) is 5.69 Å². The van der Waals surface area contributed by atoms with E-state index in [4.69, 9.17) is 11.2 Å². The molecule has 0 aliphatic carbocycles. The van der Waals surface area contributed by atoms with Gasteiger partial charge in [0.25, 0.3) is 17.4 Å². The van der Waals surface area contributed by atoms with E-state index >= 15 is 0 Å². The normalized spacial score (nSPS) is 11.6. The summed E-state index contributed by atoms with van der Waals surface area (Å²) in [4.78, 5) is 72.6. The number of carbonyl (C=O) groups excluding carboxylic acids is 4. The predicted molar refractivity (Wildman–Crippen MR) is 179 cm³/mol. The summed E-state index contributed by atoms with van der Waals surface area (Å²) in [6, 6.07) is 19.2. The molecule has 11 heteroatoms. The number of imide groups is 1. The van der Waals surface area contributed by atoms with Crippen molar-refractivity contribution in [2.75, 3.05) is 11.4 Å². The highest BCUT2D eigenvalue weighted by molar-refractivity contribution is 6.04. The van der Waals surface area contributed by atoms with E-state index in [9.17, 15) is 24.0 Å². The van der Waals surface area contributed by atoms with E-state index in [0.717, 1.165) is 11.3 Å². The van der Waals surface area contributed by atoms with Crippen LogP contribution in [0.3, 0.4) is 0 Å². The molecule has 1 heterocycles. The molecule has 0 aliphatic heterocycles. The van der Waals surface area contributed by atoms with Gasteiger partial charge < -0.3 is 19.9 Å². The molecule has 4 aromatic rings. The quantitative estimate of drug-likeness (QED) is 0.165. The van der Waals surface area contributed by atoms with E-state index in [1.165, 1.54) is 0 Å². The molecule has 11 nitrogen and oxygen atoms in total. The van der Waals surface area contributed by atoms with Crippen LogP contribution in [-0.2, 0) is 20.9 Å². The average Bonchev–Trinajstić information content (AvgIpc) is 3.02. The Labute approximate surface area is 272 Å². The number of ether oxygens (including phenoxy) is 1. The lowest BCUT2D eigenvalue weighted by Gasteiger charge is -2.25. The first-order chi connectivity index (χ1) is 22.3. The van der Waals surface area contributed by atoms with Gasteiger partial charge in [0.15, 0.2) is 0 Å². The number of benzene rings is 3. The molecule has 0 aliphatic rings. The molecule has 0 saturated carbocycles. The molecule has 0 unspecified atom stereocenters. The number of anilines is 1. The lowest BCUT2D eigenvalue weighted by molar-refractivity contribution is -0.157. The Bertz CT molecular complexity index is 1870. The van der Waals surface area contributed by atoms with Crippen LogP contribution in [-0.4, -0.2) is 51.8 Å². The van der Waals surface area contributed by atoms with Gasteiger partial charge in [-0.2, -0.15) is 0 Å². The average molecular weight is 636 g/mol. The third-order valence-corrected chi connectivity index (χ3v) is 6.98. The first-order valence-electron chi connectivity index (χ1n) is 15.0. The Hall–Kier alpha value is -5.76. The molecule has 0 saturated heterocycles. The lowest BCUT2D eigenvalue weighted by Crippen LogP contribution is -2.45. The van der Waals surface area contributed by atoms with Gasteiger partial charge in [-0.1, -0.05) is 30.2 Å². The number of H-pyrrole nitrogens is 1. The van der Waals surface area contributed by atoms with Crippen LogP contribution in [0.1, 0.15) is 65.7 Å². The summed E-state index contributed by atoms with van der Waals surface area (Å²) in [5.74, 6) is 0.767. The minimum Gasteiger partial charge on any atom is -0.458 e. The second-order valence-corrected chi connectivity index (χ2v) is 12.0. The number of terminal acetylenes is 1. The van der Waals surface area contributed by atoms with Crippen molar-refractivity contribution in [2.24, 2.45) is 0 Å². The van der Waals surface area contributed by atoms with Crippen molar-refractivity contribution in [3.05, 3.63) is 106 Å². The smallest absolute Gasteiger partial charge is 0.329 e. The molecule has 3 aromatic carbocycles. The van der Waals surface area contributed by atoms with Gasteiger partial charge in [0.2, 0.25) is 5.91 Å². The largest absolute Gasteiger partial charge is 0.458 e. The topological polar surface area (TPSA) is 151 Å². The van der Waals surface area contributed by atoms with Gasteiger partial charge in [0, 0.05) is 29.8 Å². The van der Waals surface area contributed by atoms with Crippen LogP contribution in [0.2, 0.25) is 0 Å². The second kappa shape index (κ2) is 15.0. The lowest BCUT2D eigenvalue weighted by atomic mass is 10.1. The van der Waals surface area contributed by atoms with Crippen molar-refractivity contribution < 1.29 is 23.9 Å². The summed E-state index contributed by atoms with van der Waals surface area (Å²) in [5.41, 5.74) is 1.72. The van der Waals surface area contributed by atoms with Crippen molar-refractivity contribution in [2.45, 2.75) is 58.7 Å². The number of aryl methyl sites for hydroxylation is 1. The molecule has 0 radical (unpaired) electrons. The highest BCUT2D eigenvalue weighted by atomic mass is 16.6. The van der Waals surface area contributed by atoms with E-state index in [1.807, 2.05) is 11.0 Å². The zero-order chi connectivity index (χ0) is 34.1. The standard InChI is InChI=1S/C36H37N5O6/c1-6-20-41(22-24-12-17-29-28(21-24)34(45)38-23(2)37-29)27-15-13-26(14-16-27)32(43)39-30(35(46)47-36(3,4)5)18-19-31(42)40-33(44)25-10-8-7-9-11-25/h1,7-17,21,30H,18-20,22H2,2-5H3,(H,39,43)(H,37,38,45)(H,40,42,44)/t30-/m0/s1. The first kappa shape index (κ1) is 34.1. The molecule has 0 spiro atoms. The third kappa shape index (κ3) is 9.61. The van der Waals surface area contributed by atoms with E-state index in [-0.39, 0.29) is 30.5 Å². The van der Waals surface area contributed by atoms with Crippen LogP contribution < -0.4 is 21.1 Å². The van der Waals surface area contributed by atoms with Gasteiger partial charge >= 0.3 is 5.97 Å². The summed E-state index contributed by atoms with van der Waals surface area (Å²) in [6.45, 7) is 7.48. The van der Waals surface area contributed by atoms with Gasteiger partial charge in [0.05, 0.1) is 17.4 Å². The van der Waals surface area contributed by atoms with Gasteiger partial charge in [-0.25, -0.2) is 9.78 Å². The highest BCUT2D eigenvalue weighted by Crippen LogP contribution is 2.20. The van der Waals surface area contributed by atoms with Crippen molar-refractivity contribution in [3.8, 4) is 12.3 Å². The maximum atomic E-state index is 13.3. The number of esters is 1. The summed E-state index contributed by atoms with van der Waals surface area (Å²) < 4.78 is 5.49. The molecular weight excluding hydrogens is 598 g/mol.